The molecule has 0 spiro atoms. The Hall–Kier alpha value is -1.61. The van der Waals surface area contributed by atoms with Crippen LogP contribution in [0.4, 0.5) is 0 Å². The van der Waals surface area contributed by atoms with E-state index < -0.39 is 0 Å². The van der Waals surface area contributed by atoms with Gasteiger partial charge in [-0.1, -0.05) is 24.3 Å². The lowest BCUT2D eigenvalue weighted by Crippen LogP contribution is -2.09. The predicted octanol–water partition coefficient (Wildman–Crippen LogP) is 2.13. The molecule has 1 heterocycles. The molecule has 1 aromatic carbocycles. The highest BCUT2D eigenvalue weighted by Crippen LogP contribution is 2.17. The van der Waals surface area contributed by atoms with Gasteiger partial charge >= 0.3 is 0 Å². The second kappa shape index (κ2) is 5.36. The van der Waals surface area contributed by atoms with Crippen molar-refractivity contribution in [2.75, 3.05) is 6.54 Å². The van der Waals surface area contributed by atoms with Crippen LogP contribution >= 0.6 is 0 Å². The van der Waals surface area contributed by atoms with Crippen molar-refractivity contribution < 1.29 is 0 Å². The maximum atomic E-state index is 5.61. The fourth-order valence-corrected chi connectivity index (χ4v) is 2.32. The van der Waals surface area contributed by atoms with Crippen LogP contribution in [0.15, 0.2) is 24.3 Å². The van der Waals surface area contributed by atoms with Gasteiger partial charge in [0.25, 0.3) is 0 Å². The first-order valence-electron chi connectivity index (χ1n) is 6.39. The minimum atomic E-state index is 0.647. The number of nitrogens with two attached hydrogens (primary N) is 1. The maximum Gasteiger partial charge on any atom is 0.110 e. The molecule has 0 saturated heterocycles. The van der Waals surface area contributed by atoms with E-state index in [0.29, 0.717) is 6.54 Å². The molecule has 0 aliphatic carbocycles. The molecule has 96 valence electrons. The first-order valence-corrected chi connectivity index (χ1v) is 6.39. The number of aryl methyl sites for hydroxylation is 2. The quantitative estimate of drug-likeness (QED) is 0.894. The molecule has 0 bridgehead atoms. The molecule has 2 rings (SSSR count). The van der Waals surface area contributed by atoms with E-state index in [-0.39, 0.29) is 0 Å². The van der Waals surface area contributed by atoms with Gasteiger partial charge < -0.3 is 10.3 Å². The molecule has 0 radical (unpaired) electrons. The molecule has 0 aliphatic heterocycles. The Morgan fingerprint density at radius 2 is 1.94 bits per heavy atom. The summed E-state index contributed by atoms with van der Waals surface area (Å²) in [6, 6.07) is 8.51. The first-order chi connectivity index (χ1) is 8.63. The van der Waals surface area contributed by atoms with Crippen molar-refractivity contribution in [2.24, 2.45) is 12.8 Å². The van der Waals surface area contributed by atoms with E-state index in [4.69, 9.17) is 5.73 Å². The van der Waals surface area contributed by atoms with Gasteiger partial charge in [-0.15, -0.1) is 0 Å². The third-order valence-corrected chi connectivity index (χ3v) is 3.49. The summed E-state index contributed by atoms with van der Waals surface area (Å²) in [5.74, 6) is 1.08. The first kappa shape index (κ1) is 12.8. The summed E-state index contributed by atoms with van der Waals surface area (Å²) in [5.41, 5.74) is 10.7. The number of nitrogens with zero attached hydrogens (tertiary/aromatic N) is 2. The number of hydrogen-bond acceptors (Lipinski definition) is 2. The van der Waals surface area contributed by atoms with Gasteiger partial charge in [-0.05, 0) is 31.5 Å². The Bertz CT molecular complexity index is 541. The van der Waals surface area contributed by atoms with Gasteiger partial charge in [-0.3, -0.25) is 0 Å². The van der Waals surface area contributed by atoms with E-state index in [1.807, 2.05) is 0 Å². The Morgan fingerprint density at radius 1 is 1.22 bits per heavy atom. The van der Waals surface area contributed by atoms with Crippen LogP contribution in [0.25, 0.3) is 0 Å². The van der Waals surface area contributed by atoms with Crippen LogP contribution in [-0.4, -0.2) is 16.1 Å². The highest BCUT2D eigenvalue weighted by atomic mass is 15.1. The number of aromatic nitrogens is 2. The molecule has 3 nitrogen and oxygen atoms in total. The number of hydrogen-bond donors (Lipinski definition) is 1. The number of benzene rings is 1. The van der Waals surface area contributed by atoms with Crippen molar-refractivity contribution in [2.45, 2.75) is 26.7 Å². The number of imidazole rings is 1. The molecule has 1 aromatic heterocycles. The minimum Gasteiger partial charge on any atom is -0.334 e. The monoisotopic (exact) mass is 243 g/mol. The fourth-order valence-electron chi connectivity index (χ4n) is 2.32. The van der Waals surface area contributed by atoms with E-state index >= 15 is 0 Å². The van der Waals surface area contributed by atoms with Crippen molar-refractivity contribution in [1.82, 2.24) is 9.55 Å². The van der Waals surface area contributed by atoms with Gasteiger partial charge in [-0.25, -0.2) is 4.98 Å². The second-order valence-electron chi connectivity index (χ2n) is 4.76. The largest absolute Gasteiger partial charge is 0.334 e. The van der Waals surface area contributed by atoms with Crippen LogP contribution in [0.5, 0.6) is 0 Å². The van der Waals surface area contributed by atoms with Crippen LogP contribution in [-0.2, 0) is 19.9 Å². The van der Waals surface area contributed by atoms with Crippen molar-refractivity contribution in [3.63, 3.8) is 0 Å². The van der Waals surface area contributed by atoms with Gasteiger partial charge in [0.1, 0.15) is 5.82 Å². The predicted molar refractivity (Wildman–Crippen MR) is 74.7 cm³/mol. The Kier molecular flexibility index (Phi) is 3.82. The Labute approximate surface area is 109 Å². The smallest absolute Gasteiger partial charge is 0.110 e. The molecular formula is C15H21N3. The maximum absolute atomic E-state index is 5.61. The van der Waals surface area contributed by atoms with E-state index in [9.17, 15) is 0 Å². The van der Waals surface area contributed by atoms with Crippen LogP contribution in [0.3, 0.4) is 0 Å². The van der Waals surface area contributed by atoms with Gasteiger partial charge in [0.05, 0.1) is 5.69 Å². The molecule has 0 unspecified atom stereocenters. The van der Waals surface area contributed by atoms with Gasteiger partial charge in [0.15, 0.2) is 0 Å². The van der Waals surface area contributed by atoms with Crippen molar-refractivity contribution in [3.8, 4) is 0 Å². The molecule has 2 aromatic rings. The summed E-state index contributed by atoms with van der Waals surface area (Å²) < 4.78 is 2.19. The molecule has 0 fully saturated rings. The summed E-state index contributed by atoms with van der Waals surface area (Å²) in [6.07, 6.45) is 1.78. The average molecular weight is 243 g/mol. The molecule has 18 heavy (non-hydrogen) atoms. The lowest BCUT2D eigenvalue weighted by atomic mass is 10.0. The van der Waals surface area contributed by atoms with Crippen molar-refractivity contribution >= 4 is 0 Å². The van der Waals surface area contributed by atoms with Gasteiger partial charge in [-0.2, -0.15) is 0 Å². The lowest BCUT2D eigenvalue weighted by Gasteiger charge is -2.08. The molecule has 0 saturated carbocycles. The van der Waals surface area contributed by atoms with Crippen molar-refractivity contribution in [3.05, 3.63) is 52.6 Å². The van der Waals surface area contributed by atoms with Gasteiger partial charge in [0.2, 0.25) is 0 Å². The zero-order valence-electron chi connectivity index (χ0n) is 11.4. The Balaban J connectivity index is 2.32. The third-order valence-electron chi connectivity index (χ3n) is 3.49. The van der Waals surface area contributed by atoms with E-state index in [0.717, 1.165) is 24.4 Å². The van der Waals surface area contributed by atoms with Crippen LogP contribution in [0.2, 0.25) is 0 Å². The fraction of sp³-hybridized carbons (Fsp3) is 0.400. The summed E-state index contributed by atoms with van der Waals surface area (Å²) in [7, 11) is 2.08. The number of rotatable bonds is 4. The lowest BCUT2D eigenvalue weighted by molar-refractivity contribution is 0.749. The van der Waals surface area contributed by atoms with E-state index in [1.165, 1.54) is 16.8 Å². The van der Waals surface area contributed by atoms with Gasteiger partial charge in [0, 0.05) is 25.6 Å². The van der Waals surface area contributed by atoms with Crippen LogP contribution in [0, 0.1) is 13.8 Å². The standard InChI is InChI=1S/C15H21N3/c1-11-6-4-5-7-13(11)10-14-12(2)17-15(8-9-16)18(14)3/h4-7H,8-10,16H2,1-3H3. The average Bonchev–Trinajstić information content (AvgIpc) is 2.60. The SMILES string of the molecule is Cc1ccccc1Cc1c(C)nc(CCN)n1C. The van der Waals surface area contributed by atoms with Crippen LogP contribution < -0.4 is 5.73 Å². The molecule has 0 amide bonds. The zero-order valence-corrected chi connectivity index (χ0v) is 11.4. The summed E-state index contributed by atoms with van der Waals surface area (Å²) in [5, 5.41) is 0. The summed E-state index contributed by atoms with van der Waals surface area (Å²) >= 11 is 0. The normalized spacial score (nSPS) is 10.9. The van der Waals surface area contributed by atoms with Crippen LogP contribution in [0.1, 0.15) is 28.3 Å². The molecule has 3 heteroatoms. The minimum absolute atomic E-state index is 0.647. The highest BCUT2D eigenvalue weighted by molar-refractivity contribution is 5.31. The summed E-state index contributed by atoms with van der Waals surface area (Å²) in [4.78, 5) is 4.61. The molecule has 2 N–H and O–H groups in total. The van der Waals surface area contributed by atoms with E-state index in [1.54, 1.807) is 0 Å². The van der Waals surface area contributed by atoms with Crippen molar-refractivity contribution in [1.29, 1.82) is 0 Å². The second-order valence-corrected chi connectivity index (χ2v) is 4.76. The topological polar surface area (TPSA) is 43.8 Å². The van der Waals surface area contributed by atoms with E-state index in [2.05, 4.69) is 54.7 Å². The summed E-state index contributed by atoms with van der Waals surface area (Å²) in [6.45, 7) is 4.88. The third kappa shape index (κ3) is 2.46. The molecule has 0 atom stereocenters. The highest BCUT2D eigenvalue weighted by Gasteiger charge is 2.12. The molecular weight excluding hydrogens is 222 g/mol. The zero-order chi connectivity index (χ0) is 13.1. The molecule has 0 aliphatic rings. The Morgan fingerprint density at radius 3 is 2.61 bits per heavy atom.